The molecule has 0 atom stereocenters. The largest absolute Gasteiger partial charge is 0.490 e. The number of guanidine groups is 1. The van der Waals surface area contributed by atoms with Crippen molar-refractivity contribution >= 4 is 5.96 Å². The maximum absolute atomic E-state index is 12.6. The monoisotopic (exact) mass is 315 g/mol. The number of benzene rings is 1. The summed E-state index contributed by atoms with van der Waals surface area (Å²) in [7, 11) is 0. The fourth-order valence-electron chi connectivity index (χ4n) is 1.77. The van der Waals surface area contributed by atoms with E-state index < -0.39 is 6.61 Å². The van der Waals surface area contributed by atoms with E-state index in [1.807, 2.05) is 20.8 Å². The van der Waals surface area contributed by atoms with Gasteiger partial charge in [0.25, 0.3) is 0 Å². The number of aliphatic imine (C=N–C) groups is 1. The van der Waals surface area contributed by atoms with E-state index in [1.54, 1.807) is 25.1 Å². The fourth-order valence-corrected chi connectivity index (χ4v) is 1.77. The number of nitrogens with one attached hydrogen (secondary N) is 1. The van der Waals surface area contributed by atoms with Gasteiger partial charge >= 0.3 is 6.61 Å². The highest BCUT2D eigenvalue weighted by molar-refractivity contribution is 5.78. The summed E-state index contributed by atoms with van der Waals surface area (Å²) in [5, 5.41) is 3.00. The molecule has 0 aromatic heterocycles. The summed E-state index contributed by atoms with van der Waals surface area (Å²) in [5.74, 6) is 0.488. The van der Waals surface area contributed by atoms with Crippen LogP contribution in [0.4, 0.5) is 8.78 Å². The van der Waals surface area contributed by atoms with E-state index in [1.165, 1.54) is 0 Å². The lowest BCUT2D eigenvalue weighted by Crippen LogP contribution is -2.44. The van der Waals surface area contributed by atoms with Gasteiger partial charge in [0.15, 0.2) is 17.5 Å². The van der Waals surface area contributed by atoms with Gasteiger partial charge in [-0.2, -0.15) is 8.78 Å². The van der Waals surface area contributed by atoms with Gasteiger partial charge in [0.1, 0.15) is 0 Å². The molecule has 0 aliphatic carbocycles. The Morgan fingerprint density at radius 1 is 1.36 bits per heavy atom. The first-order valence-corrected chi connectivity index (χ1v) is 7.00. The number of hydrogen-bond acceptors (Lipinski definition) is 3. The molecular weight excluding hydrogens is 292 g/mol. The molecule has 7 heteroatoms. The van der Waals surface area contributed by atoms with Gasteiger partial charge in [-0.1, -0.05) is 12.1 Å². The predicted octanol–water partition coefficient (Wildman–Crippen LogP) is 2.89. The van der Waals surface area contributed by atoms with Gasteiger partial charge in [0, 0.05) is 11.1 Å². The third-order valence-corrected chi connectivity index (χ3v) is 2.49. The first-order valence-electron chi connectivity index (χ1n) is 7.00. The zero-order valence-electron chi connectivity index (χ0n) is 13.3. The number of nitrogens with two attached hydrogens (primary N) is 1. The summed E-state index contributed by atoms with van der Waals surface area (Å²) in [6.07, 6.45) is 0. The van der Waals surface area contributed by atoms with E-state index in [0.717, 1.165) is 0 Å². The van der Waals surface area contributed by atoms with Crippen molar-refractivity contribution in [3.8, 4) is 11.5 Å². The summed E-state index contributed by atoms with van der Waals surface area (Å²) in [5.41, 5.74) is 6.02. The zero-order chi connectivity index (χ0) is 16.8. The van der Waals surface area contributed by atoms with Gasteiger partial charge < -0.3 is 20.5 Å². The molecule has 0 spiro atoms. The second-order valence-electron chi connectivity index (χ2n) is 5.63. The number of para-hydroxylation sites is 1. The van der Waals surface area contributed by atoms with Crippen LogP contribution in [-0.2, 0) is 6.54 Å². The number of rotatable bonds is 6. The molecule has 0 aliphatic rings. The average Bonchev–Trinajstić information content (AvgIpc) is 2.37. The highest BCUT2D eigenvalue weighted by Gasteiger charge is 2.16. The Bertz CT molecular complexity index is 514. The van der Waals surface area contributed by atoms with E-state index in [2.05, 4.69) is 15.0 Å². The maximum atomic E-state index is 12.6. The van der Waals surface area contributed by atoms with Crippen LogP contribution in [0.15, 0.2) is 23.2 Å². The molecule has 3 N–H and O–H groups in total. The lowest BCUT2D eigenvalue weighted by molar-refractivity contribution is -0.0520. The van der Waals surface area contributed by atoms with Crippen LogP contribution in [-0.4, -0.2) is 24.7 Å². The summed E-state index contributed by atoms with van der Waals surface area (Å²) in [6.45, 7) is 5.11. The van der Waals surface area contributed by atoms with Gasteiger partial charge in [0.05, 0.1) is 13.2 Å². The lowest BCUT2D eigenvalue weighted by atomic mass is 10.1. The Balaban J connectivity index is 2.98. The van der Waals surface area contributed by atoms with Gasteiger partial charge in [-0.15, -0.1) is 0 Å². The van der Waals surface area contributed by atoms with Crippen LogP contribution in [0.25, 0.3) is 0 Å². The first kappa shape index (κ1) is 18.0. The molecule has 0 radical (unpaired) electrons. The number of hydrogen-bond donors (Lipinski definition) is 2. The molecule has 1 rings (SSSR count). The minimum atomic E-state index is -2.94. The Kier molecular flexibility index (Phi) is 6.39. The summed E-state index contributed by atoms with van der Waals surface area (Å²) in [4.78, 5) is 4.15. The lowest BCUT2D eigenvalue weighted by Gasteiger charge is -2.21. The van der Waals surface area contributed by atoms with Crippen LogP contribution < -0.4 is 20.5 Å². The molecule has 0 heterocycles. The van der Waals surface area contributed by atoms with Crippen LogP contribution in [0.2, 0.25) is 0 Å². The van der Waals surface area contributed by atoms with Crippen molar-refractivity contribution in [1.82, 2.24) is 5.32 Å². The number of ether oxygens (including phenoxy) is 2. The Hall–Kier alpha value is -2.05. The normalized spacial score (nSPS) is 12.4. The summed E-state index contributed by atoms with van der Waals surface area (Å²) < 4.78 is 35.1. The van der Waals surface area contributed by atoms with E-state index >= 15 is 0 Å². The van der Waals surface area contributed by atoms with Crippen molar-refractivity contribution < 1.29 is 18.3 Å². The molecule has 0 saturated carbocycles. The van der Waals surface area contributed by atoms with Crippen molar-refractivity contribution in [2.45, 2.75) is 46.4 Å². The van der Waals surface area contributed by atoms with Gasteiger partial charge in [-0.25, -0.2) is 4.99 Å². The van der Waals surface area contributed by atoms with Crippen LogP contribution >= 0.6 is 0 Å². The highest BCUT2D eigenvalue weighted by atomic mass is 19.3. The van der Waals surface area contributed by atoms with Crippen molar-refractivity contribution in [2.24, 2.45) is 10.7 Å². The molecule has 1 aromatic carbocycles. The van der Waals surface area contributed by atoms with Gasteiger partial charge in [-0.05, 0) is 33.8 Å². The van der Waals surface area contributed by atoms with Crippen molar-refractivity contribution in [2.75, 3.05) is 6.61 Å². The quantitative estimate of drug-likeness (QED) is 0.625. The molecule has 0 bridgehead atoms. The van der Waals surface area contributed by atoms with E-state index in [4.69, 9.17) is 10.5 Å². The molecule has 0 amide bonds. The standard InChI is InChI=1S/C15H23F2N3O2/c1-5-21-11-8-6-7-10(12(11)22-13(16)17)9-19-14(18)20-15(2,3)4/h6-8,13H,5,9H2,1-4H3,(H3,18,19,20). The van der Waals surface area contributed by atoms with Crippen LogP contribution in [0, 0.1) is 0 Å². The topological polar surface area (TPSA) is 68.9 Å². The number of alkyl halides is 2. The predicted molar refractivity (Wildman–Crippen MR) is 82.5 cm³/mol. The van der Waals surface area contributed by atoms with E-state index in [0.29, 0.717) is 12.2 Å². The Morgan fingerprint density at radius 2 is 2.05 bits per heavy atom. The zero-order valence-corrected chi connectivity index (χ0v) is 13.3. The third kappa shape index (κ3) is 6.15. The maximum Gasteiger partial charge on any atom is 0.387 e. The fraction of sp³-hybridized carbons (Fsp3) is 0.533. The second kappa shape index (κ2) is 7.82. The molecule has 0 aliphatic heterocycles. The van der Waals surface area contributed by atoms with Crippen molar-refractivity contribution in [3.05, 3.63) is 23.8 Å². The molecule has 124 valence electrons. The van der Waals surface area contributed by atoms with Crippen molar-refractivity contribution in [1.29, 1.82) is 0 Å². The average molecular weight is 315 g/mol. The van der Waals surface area contributed by atoms with Gasteiger partial charge in [0.2, 0.25) is 0 Å². The molecule has 1 aromatic rings. The molecule has 22 heavy (non-hydrogen) atoms. The molecule has 0 fully saturated rings. The number of halogens is 2. The van der Waals surface area contributed by atoms with E-state index in [-0.39, 0.29) is 29.5 Å². The van der Waals surface area contributed by atoms with Crippen LogP contribution in [0.5, 0.6) is 11.5 Å². The third-order valence-electron chi connectivity index (χ3n) is 2.49. The summed E-state index contributed by atoms with van der Waals surface area (Å²) in [6, 6.07) is 4.92. The minimum absolute atomic E-state index is 0.00772. The second-order valence-corrected chi connectivity index (χ2v) is 5.63. The highest BCUT2D eigenvalue weighted by Crippen LogP contribution is 2.33. The molecule has 0 saturated heterocycles. The van der Waals surface area contributed by atoms with E-state index in [9.17, 15) is 8.78 Å². The smallest absolute Gasteiger partial charge is 0.387 e. The van der Waals surface area contributed by atoms with Crippen molar-refractivity contribution in [3.63, 3.8) is 0 Å². The Morgan fingerprint density at radius 3 is 2.59 bits per heavy atom. The minimum Gasteiger partial charge on any atom is -0.490 e. The summed E-state index contributed by atoms with van der Waals surface area (Å²) >= 11 is 0. The Labute approximate surface area is 129 Å². The molecule has 0 unspecified atom stereocenters. The molecule has 5 nitrogen and oxygen atoms in total. The molecular formula is C15H23F2N3O2. The first-order chi connectivity index (χ1) is 10.2. The SMILES string of the molecule is CCOc1cccc(CN=C(N)NC(C)(C)C)c1OC(F)F. The number of nitrogens with zero attached hydrogens (tertiary/aromatic N) is 1. The van der Waals surface area contributed by atoms with Crippen LogP contribution in [0.3, 0.4) is 0 Å². The van der Waals surface area contributed by atoms with Gasteiger partial charge in [-0.3, -0.25) is 0 Å². The van der Waals surface area contributed by atoms with Crippen LogP contribution in [0.1, 0.15) is 33.3 Å².